The van der Waals surface area contributed by atoms with Crippen LogP contribution in [0.25, 0.3) is 10.8 Å². The first kappa shape index (κ1) is 17.6. The largest absolute Gasteiger partial charge is 0.376 e. The van der Waals surface area contributed by atoms with Gasteiger partial charge in [0.2, 0.25) is 0 Å². The lowest BCUT2D eigenvalue weighted by atomic mass is 10.2. The topological polar surface area (TPSA) is 91.1 Å². The van der Waals surface area contributed by atoms with Crippen molar-refractivity contribution in [2.45, 2.75) is 25.4 Å². The molecule has 1 atom stereocenters. The Bertz CT molecular complexity index is 773. The van der Waals surface area contributed by atoms with Gasteiger partial charge in [0.05, 0.1) is 11.5 Å². The van der Waals surface area contributed by atoms with Crippen molar-refractivity contribution in [3.63, 3.8) is 0 Å². The molecule has 0 saturated carbocycles. The molecule has 0 bridgehead atoms. The maximum Gasteiger partial charge on any atom is 0.272 e. The maximum absolute atomic E-state index is 11.8. The van der Waals surface area contributed by atoms with E-state index in [0.717, 1.165) is 50.9 Å². The molecule has 134 valence electrons. The summed E-state index contributed by atoms with van der Waals surface area (Å²) in [5.41, 5.74) is -0.175. The van der Waals surface area contributed by atoms with Crippen LogP contribution < -0.4 is 21.5 Å². The number of nitrogens with one attached hydrogen (secondary N) is 4. The van der Waals surface area contributed by atoms with Crippen molar-refractivity contribution in [1.82, 2.24) is 20.8 Å². The molecular formula is C17H23N5O2S. The zero-order chi connectivity index (χ0) is 17.5. The van der Waals surface area contributed by atoms with Crippen LogP contribution in [0.3, 0.4) is 0 Å². The van der Waals surface area contributed by atoms with Crippen LogP contribution in [-0.2, 0) is 4.74 Å². The average Bonchev–Trinajstić information content (AvgIpc) is 3.15. The van der Waals surface area contributed by atoms with Gasteiger partial charge in [0.15, 0.2) is 10.9 Å². The average molecular weight is 361 g/mol. The molecule has 2 aromatic rings. The Labute approximate surface area is 151 Å². The zero-order valence-electron chi connectivity index (χ0n) is 14.0. The van der Waals surface area contributed by atoms with E-state index in [4.69, 9.17) is 17.0 Å². The third-order valence-corrected chi connectivity index (χ3v) is 4.43. The predicted octanol–water partition coefficient (Wildman–Crippen LogP) is 1.37. The SMILES string of the molecule is O=c1[nH]nc(NCCCNC(=S)NCC2CCCO2)c2ccccc12. The molecule has 7 nitrogen and oxygen atoms in total. The number of nitrogens with zero attached hydrogens (tertiary/aromatic N) is 1. The summed E-state index contributed by atoms with van der Waals surface area (Å²) in [6.07, 6.45) is 3.38. The third-order valence-electron chi connectivity index (χ3n) is 4.14. The van der Waals surface area contributed by atoms with Gasteiger partial charge in [0, 0.05) is 31.6 Å². The van der Waals surface area contributed by atoms with Gasteiger partial charge < -0.3 is 20.7 Å². The Kier molecular flexibility index (Phi) is 6.19. The van der Waals surface area contributed by atoms with E-state index in [1.54, 1.807) is 6.07 Å². The number of benzene rings is 1. The lowest BCUT2D eigenvalue weighted by molar-refractivity contribution is 0.114. The second-order valence-corrected chi connectivity index (χ2v) is 6.41. The minimum absolute atomic E-state index is 0.175. The van der Waals surface area contributed by atoms with Crippen LogP contribution in [-0.4, -0.2) is 47.7 Å². The van der Waals surface area contributed by atoms with Crippen molar-refractivity contribution in [1.29, 1.82) is 0 Å². The summed E-state index contributed by atoms with van der Waals surface area (Å²) in [5, 5.41) is 18.4. The number of fused-ring (bicyclic) bond motifs is 1. The number of thiocarbonyl (C=S) groups is 1. The number of H-pyrrole nitrogens is 1. The van der Waals surface area contributed by atoms with E-state index in [-0.39, 0.29) is 11.7 Å². The molecule has 2 heterocycles. The fourth-order valence-corrected chi connectivity index (χ4v) is 3.01. The number of aromatic nitrogens is 2. The van der Waals surface area contributed by atoms with Crippen LogP contribution >= 0.6 is 12.2 Å². The molecule has 1 aromatic heterocycles. The van der Waals surface area contributed by atoms with Crippen molar-refractivity contribution in [3.8, 4) is 0 Å². The van der Waals surface area contributed by atoms with Crippen LogP contribution in [0.4, 0.5) is 5.82 Å². The smallest absolute Gasteiger partial charge is 0.272 e. The molecule has 4 N–H and O–H groups in total. The lowest BCUT2D eigenvalue weighted by Gasteiger charge is -2.14. The van der Waals surface area contributed by atoms with Crippen molar-refractivity contribution >= 4 is 33.9 Å². The van der Waals surface area contributed by atoms with Gasteiger partial charge >= 0.3 is 0 Å². The van der Waals surface area contributed by atoms with Gasteiger partial charge in [-0.2, -0.15) is 5.10 Å². The van der Waals surface area contributed by atoms with Gasteiger partial charge in [-0.05, 0) is 37.5 Å². The highest BCUT2D eigenvalue weighted by molar-refractivity contribution is 7.80. The standard InChI is InChI=1S/C17H23N5O2S/c23-16-14-7-2-1-6-13(14)15(21-22-16)18-8-4-9-19-17(25)20-11-12-5-3-10-24-12/h1-2,6-7,12H,3-5,8-11H2,(H,18,21)(H,22,23)(H2,19,20,25). The number of rotatable bonds is 7. The highest BCUT2D eigenvalue weighted by Crippen LogP contribution is 2.16. The number of ether oxygens (including phenoxy) is 1. The lowest BCUT2D eigenvalue weighted by Crippen LogP contribution is -2.40. The van der Waals surface area contributed by atoms with E-state index in [1.165, 1.54) is 0 Å². The van der Waals surface area contributed by atoms with Crippen molar-refractivity contribution in [2.24, 2.45) is 0 Å². The van der Waals surface area contributed by atoms with Gasteiger partial charge in [-0.15, -0.1) is 0 Å². The number of aromatic amines is 1. The minimum Gasteiger partial charge on any atom is -0.376 e. The molecule has 3 rings (SSSR count). The Morgan fingerprint density at radius 3 is 2.92 bits per heavy atom. The minimum atomic E-state index is -0.175. The molecule has 1 fully saturated rings. The Morgan fingerprint density at radius 2 is 2.12 bits per heavy atom. The summed E-state index contributed by atoms with van der Waals surface area (Å²) in [7, 11) is 0. The second-order valence-electron chi connectivity index (χ2n) is 6.00. The summed E-state index contributed by atoms with van der Waals surface area (Å²) in [5.74, 6) is 0.689. The van der Waals surface area contributed by atoms with E-state index in [9.17, 15) is 4.79 Å². The van der Waals surface area contributed by atoms with Crippen LogP contribution in [0.15, 0.2) is 29.1 Å². The molecule has 1 saturated heterocycles. The molecule has 0 radical (unpaired) electrons. The summed E-state index contributed by atoms with van der Waals surface area (Å²) in [4.78, 5) is 11.8. The first-order valence-electron chi connectivity index (χ1n) is 8.58. The summed E-state index contributed by atoms with van der Waals surface area (Å²) in [6.45, 7) is 3.10. The van der Waals surface area contributed by atoms with Crippen LogP contribution in [0.1, 0.15) is 19.3 Å². The number of hydrogen-bond donors (Lipinski definition) is 4. The fourth-order valence-electron chi connectivity index (χ4n) is 2.82. The van der Waals surface area contributed by atoms with Gasteiger partial charge in [0.25, 0.3) is 5.56 Å². The van der Waals surface area contributed by atoms with Gasteiger partial charge in [-0.3, -0.25) is 4.79 Å². The molecule has 1 aliphatic rings. The fraction of sp³-hybridized carbons (Fsp3) is 0.471. The predicted molar refractivity (Wildman–Crippen MR) is 103 cm³/mol. The van der Waals surface area contributed by atoms with Gasteiger partial charge in [0.1, 0.15) is 0 Å². The zero-order valence-corrected chi connectivity index (χ0v) is 14.8. The Hall–Kier alpha value is -2.19. The molecule has 25 heavy (non-hydrogen) atoms. The van der Waals surface area contributed by atoms with E-state index in [1.807, 2.05) is 18.2 Å². The Morgan fingerprint density at radius 1 is 1.28 bits per heavy atom. The first-order chi connectivity index (χ1) is 12.2. The van der Waals surface area contributed by atoms with Crippen LogP contribution in [0.2, 0.25) is 0 Å². The summed E-state index contributed by atoms with van der Waals surface area (Å²) < 4.78 is 5.55. The van der Waals surface area contributed by atoms with Gasteiger partial charge in [-0.25, -0.2) is 5.10 Å². The van der Waals surface area contributed by atoms with E-state index < -0.39 is 0 Å². The molecule has 0 aliphatic carbocycles. The van der Waals surface area contributed by atoms with Gasteiger partial charge in [-0.1, -0.05) is 18.2 Å². The highest BCUT2D eigenvalue weighted by Gasteiger charge is 2.15. The van der Waals surface area contributed by atoms with Crippen LogP contribution in [0.5, 0.6) is 0 Å². The summed E-state index contributed by atoms with van der Waals surface area (Å²) in [6, 6.07) is 7.42. The third kappa shape index (κ3) is 4.90. The monoisotopic (exact) mass is 361 g/mol. The first-order valence-corrected chi connectivity index (χ1v) is 8.99. The van der Waals surface area contributed by atoms with Crippen molar-refractivity contribution < 1.29 is 4.74 Å². The normalized spacial score (nSPS) is 16.7. The molecule has 8 heteroatoms. The molecular weight excluding hydrogens is 338 g/mol. The molecule has 0 amide bonds. The molecule has 1 unspecified atom stereocenters. The molecule has 1 aliphatic heterocycles. The van der Waals surface area contributed by atoms with E-state index >= 15 is 0 Å². The summed E-state index contributed by atoms with van der Waals surface area (Å²) >= 11 is 5.26. The van der Waals surface area contributed by atoms with E-state index in [2.05, 4.69) is 26.1 Å². The Balaban J connectivity index is 1.38. The van der Waals surface area contributed by atoms with Crippen molar-refractivity contribution in [3.05, 3.63) is 34.6 Å². The van der Waals surface area contributed by atoms with Crippen LogP contribution in [0, 0.1) is 0 Å². The molecule has 1 aromatic carbocycles. The molecule has 0 spiro atoms. The quantitative estimate of drug-likeness (QED) is 0.437. The highest BCUT2D eigenvalue weighted by atomic mass is 32.1. The van der Waals surface area contributed by atoms with E-state index in [0.29, 0.717) is 16.3 Å². The maximum atomic E-state index is 11.8. The number of anilines is 1. The van der Waals surface area contributed by atoms with Crippen molar-refractivity contribution in [2.75, 3.05) is 31.6 Å². The number of hydrogen-bond acceptors (Lipinski definition) is 5. The second kappa shape index (κ2) is 8.77.